The number of amides is 1. The molecule has 2 aliphatic heterocycles. The van der Waals surface area contributed by atoms with E-state index in [2.05, 4.69) is 10.3 Å². The Labute approximate surface area is 149 Å². The van der Waals surface area contributed by atoms with Gasteiger partial charge in [0.25, 0.3) is 0 Å². The molecule has 0 bridgehead atoms. The number of hydrogen-bond acceptors (Lipinski definition) is 6. The Morgan fingerprint density at radius 3 is 2.77 bits per heavy atom. The molecule has 2 saturated heterocycles. The number of carbonyl (C=O) groups is 1. The second-order valence-corrected chi connectivity index (χ2v) is 7.19. The van der Waals surface area contributed by atoms with E-state index in [9.17, 15) is 9.18 Å². The molecule has 1 saturated carbocycles. The van der Waals surface area contributed by atoms with Crippen molar-refractivity contribution >= 4 is 17.5 Å². The lowest BCUT2D eigenvalue weighted by molar-refractivity contribution is 0.129. The number of anilines is 2. The minimum Gasteiger partial charge on any atom is -0.442 e. The molecule has 136 valence electrons. The zero-order valence-corrected chi connectivity index (χ0v) is 14.0. The molecule has 3 heterocycles. The summed E-state index contributed by atoms with van der Waals surface area (Å²) in [5, 5.41) is 7.60. The van der Waals surface area contributed by atoms with Gasteiger partial charge in [-0.05, 0) is 30.0 Å². The van der Waals surface area contributed by atoms with Crippen LogP contribution in [0.4, 0.5) is 20.6 Å². The third-order valence-electron chi connectivity index (χ3n) is 5.58. The smallest absolute Gasteiger partial charge is 0.414 e. The molecule has 8 nitrogen and oxygen atoms in total. The maximum atomic E-state index is 14.6. The molecule has 1 amide bonds. The highest BCUT2D eigenvalue weighted by molar-refractivity contribution is 5.90. The summed E-state index contributed by atoms with van der Waals surface area (Å²) >= 11 is 0. The van der Waals surface area contributed by atoms with Crippen LogP contribution in [-0.2, 0) is 11.3 Å². The molecular weight excluding hydrogens is 339 g/mol. The van der Waals surface area contributed by atoms with E-state index in [0.717, 1.165) is 13.1 Å². The molecule has 0 spiro atoms. The van der Waals surface area contributed by atoms with Gasteiger partial charge in [0, 0.05) is 25.3 Å². The van der Waals surface area contributed by atoms with Crippen LogP contribution in [0.2, 0.25) is 0 Å². The number of ether oxygens (including phenoxy) is 1. The predicted molar refractivity (Wildman–Crippen MR) is 91.2 cm³/mol. The van der Waals surface area contributed by atoms with E-state index in [1.807, 2.05) is 4.90 Å². The minimum atomic E-state index is -0.476. The second-order valence-electron chi connectivity index (χ2n) is 7.19. The van der Waals surface area contributed by atoms with Gasteiger partial charge in [0.2, 0.25) is 0 Å². The lowest BCUT2D eigenvalue weighted by atomic mass is 10.2. The first-order valence-corrected chi connectivity index (χ1v) is 8.72. The molecule has 0 radical (unpaired) electrons. The van der Waals surface area contributed by atoms with Crippen molar-refractivity contribution < 1.29 is 13.9 Å². The normalized spacial score (nSPS) is 29.8. The fourth-order valence-electron chi connectivity index (χ4n) is 4.06. The molecule has 2 unspecified atom stereocenters. The second kappa shape index (κ2) is 5.66. The summed E-state index contributed by atoms with van der Waals surface area (Å²) in [5.74, 6) is 0.644. The standard InChI is InChI=1S/C17H19FN6O2/c18-14-5-10(1-2-15(14)22-8-12-13(9-22)16(12)19)24-7-11(26-17(24)25)6-23-4-3-20-21-23/h1-5,11-13,16H,6-9,19H2/t11-,12?,13?,16?/m0/s1. The van der Waals surface area contributed by atoms with E-state index in [4.69, 9.17) is 10.5 Å². The molecule has 2 N–H and O–H groups in total. The summed E-state index contributed by atoms with van der Waals surface area (Å²) in [7, 11) is 0. The van der Waals surface area contributed by atoms with E-state index in [-0.39, 0.29) is 18.0 Å². The Morgan fingerprint density at radius 2 is 2.08 bits per heavy atom. The first-order chi connectivity index (χ1) is 12.6. The van der Waals surface area contributed by atoms with Gasteiger partial charge in [0.15, 0.2) is 0 Å². The molecule has 2 aromatic rings. The van der Waals surface area contributed by atoms with E-state index in [1.54, 1.807) is 29.2 Å². The number of benzene rings is 1. The van der Waals surface area contributed by atoms with E-state index in [0.29, 0.717) is 36.3 Å². The van der Waals surface area contributed by atoms with Gasteiger partial charge in [0.1, 0.15) is 11.9 Å². The number of hydrogen-bond donors (Lipinski definition) is 1. The van der Waals surface area contributed by atoms with Crippen LogP contribution < -0.4 is 15.5 Å². The van der Waals surface area contributed by atoms with Crippen molar-refractivity contribution in [2.45, 2.75) is 18.7 Å². The maximum absolute atomic E-state index is 14.6. The largest absolute Gasteiger partial charge is 0.442 e. The number of carbonyl (C=O) groups excluding carboxylic acids is 1. The van der Waals surface area contributed by atoms with Gasteiger partial charge in [-0.25, -0.2) is 13.9 Å². The van der Waals surface area contributed by atoms with Crippen molar-refractivity contribution in [1.29, 1.82) is 0 Å². The molecular formula is C17H19FN6O2. The summed E-state index contributed by atoms with van der Waals surface area (Å²) in [6, 6.07) is 5.17. The lowest BCUT2D eigenvalue weighted by Crippen LogP contribution is -2.29. The summed E-state index contributed by atoms with van der Waals surface area (Å²) in [5.41, 5.74) is 7.01. The molecule has 3 fully saturated rings. The number of nitrogens with zero attached hydrogens (tertiary/aromatic N) is 5. The van der Waals surface area contributed by atoms with Crippen LogP contribution in [0.5, 0.6) is 0 Å². The number of rotatable bonds is 4. The lowest BCUT2D eigenvalue weighted by Gasteiger charge is -2.23. The van der Waals surface area contributed by atoms with Gasteiger partial charge in [0.05, 0.1) is 30.7 Å². The van der Waals surface area contributed by atoms with Crippen molar-refractivity contribution in [2.75, 3.05) is 29.4 Å². The third kappa shape index (κ3) is 2.50. The molecule has 3 atom stereocenters. The monoisotopic (exact) mass is 358 g/mol. The zero-order chi connectivity index (χ0) is 17.8. The Morgan fingerprint density at radius 1 is 1.27 bits per heavy atom. The molecule has 1 aromatic carbocycles. The molecule has 5 rings (SSSR count). The van der Waals surface area contributed by atoms with Crippen LogP contribution in [0.3, 0.4) is 0 Å². The summed E-state index contributed by atoms with van der Waals surface area (Å²) in [6.07, 6.45) is 2.45. The minimum absolute atomic E-state index is 0.273. The first kappa shape index (κ1) is 15.6. The van der Waals surface area contributed by atoms with Crippen molar-refractivity contribution in [3.05, 3.63) is 36.4 Å². The predicted octanol–water partition coefficient (Wildman–Crippen LogP) is 0.836. The zero-order valence-electron chi connectivity index (χ0n) is 14.0. The summed E-state index contributed by atoms with van der Waals surface area (Å²) in [6.45, 7) is 2.36. The molecule has 26 heavy (non-hydrogen) atoms. The van der Waals surface area contributed by atoms with Gasteiger partial charge in [-0.2, -0.15) is 0 Å². The Bertz CT molecular complexity index is 832. The highest BCUT2D eigenvalue weighted by atomic mass is 19.1. The molecule has 9 heteroatoms. The van der Waals surface area contributed by atoms with Crippen LogP contribution in [0.1, 0.15) is 0 Å². The topological polar surface area (TPSA) is 89.5 Å². The maximum Gasteiger partial charge on any atom is 0.414 e. The number of halogens is 1. The number of fused-ring (bicyclic) bond motifs is 1. The molecule has 3 aliphatic rings. The Kier molecular flexibility index (Phi) is 3.39. The van der Waals surface area contributed by atoms with E-state index >= 15 is 0 Å². The van der Waals surface area contributed by atoms with Crippen LogP contribution in [0.15, 0.2) is 30.6 Å². The summed E-state index contributed by atoms with van der Waals surface area (Å²) < 4.78 is 21.6. The highest BCUT2D eigenvalue weighted by Crippen LogP contribution is 2.45. The Balaban J connectivity index is 1.29. The average Bonchev–Trinajstić information content (AvgIpc) is 3.13. The van der Waals surface area contributed by atoms with Crippen LogP contribution in [0.25, 0.3) is 0 Å². The van der Waals surface area contributed by atoms with Gasteiger partial charge in [-0.1, -0.05) is 5.21 Å². The van der Waals surface area contributed by atoms with Gasteiger partial charge >= 0.3 is 6.09 Å². The van der Waals surface area contributed by atoms with Gasteiger partial charge < -0.3 is 15.4 Å². The van der Waals surface area contributed by atoms with Crippen LogP contribution >= 0.6 is 0 Å². The SMILES string of the molecule is NC1C2CN(c3ccc(N4C[C@H](Cn5ccnn5)OC4=O)cc3F)CC12. The number of cyclic esters (lactones) is 1. The number of piperidine rings is 1. The quantitative estimate of drug-likeness (QED) is 0.871. The fraction of sp³-hybridized carbons (Fsp3) is 0.471. The number of aromatic nitrogens is 3. The van der Waals surface area contributed by atoms with Crippen molar-refractivity contribution in [3.63, 3.8) is 0 Å². The van der Waals surface area contributed by atoms with Crippen molar-refractivity contribution in [3.8, 4) is 0 Å². The van der Waals surface area contributed by atoms with Crippen LogP contribution in [-0.4, -0.2) is 52.9 Å². The van der Waals surface area contributed by atoms with Crippen molar-refractivity contribution in [1.82, 2.24) is 15.0 Å². The first-order valence-electron chi connectivity index (χ1n) is 8.72. The van der Waals surface area contributed by atoms with E-state index < -0.39 is 6.09 Å². The van der Waals surface area contributed by atoms with E-state index in [1.165, 1.54) is 11.0 Å². The van der Waals surface area contributed by atoms with Gasteiger partial charge in [-0.3, -0.25) is 4.90 Å². The summed E-state index contributed by atoms with van der Waals surface area (Å²) in [4.78, 5) is 15.6. The Hall–Kier alpha value is -2.68. The highest BCUT2D eigenvalue weighted by Gasteiger charge is 2.53. The van der Waals surface area contributed by atoms with Crippen molar-refractivity contribution in [2.24, 2.45) is 17.6 Å². The van der Waals surface area contributed by atoms with Crippen LogP contribution in [0, 0.1) is 17.7 Å². The molecule has 1 aliphatic carbocycles. The van der Waals surface area contributed by atoms with Gasteiger partial charge in [-0.15, -0.1) is 5.10 Å². The fourth-order valence-corrected chi connectivity index (χ4v) is 4.06. The third-order valence-corrected chi connectivity index (χ3v) is 5.58. The molecule has 1 aromatic heterocycles. The number of nitrogens with two attached hydrogens (primary N) is 1. The average molecular weight is 358 g/mol.